The summed E-state index contributed by atoms with van der Waals surface area (Å²) in [5.74, 6) is 0.871. The predicted octanol–water partition coefficient (Wildman–Crippen LogP) is 2.88. The number of carbonyl (C=O) groups is 1. The molecular weight excluding hydrogens is 212 g/mol. The van der Waals surface area contributed by atoms with Crippen LogP contribution in [0.1, 0.15) is 26.7 Å². The van der Waals surface area contributed by atoms with Crippen LogP contribution in [0.5, 0.6) is 0 Å². The summed E-state index contributed by atoms with van der Waals surface area (Å²) in [6.45, 7) is 5.68. The van der Waals surface area contributed by atoms with Crippen LogP contribution in [0.25, 0.3) is 0 Å². The van der Waals surface area contributed by atoms with E-state index in [2.05, 4.69) is 19.2 Å². The molecule has 1 aliphatic heterocycles. The summed E-state index contributed by atoms with van der Waals surface area (Å²) in [6, 6.07) is 8.01. The van der Waals surface area contributed by atoms with Crippen LogP contribution in [0.3, 0.4) is 0 Å². The van der Waals surface area contributed by atoms with E-state index in [1.54, 1.807) is 0 Å². The molecule has 1 amide bonds. The number of hydrogen-bond acceptors (Lipinski definition) is 2. The molecule has 1 aromatic carbocycles. The number of nitrogens with zero attached hydrogens (tertiary/aromatic N) is 1. The van der Waals surface area contributed by atoms with Crippen molar-refractivity contribution in [1.82, 2.24) is 0 Å². The van der Waals surface area contributed by atoms with Gasteiger partial charge in [-0.25, -0.2) is 0 Å². The Kier molecular flexibility index (Phi) is 3.67. The highest BCUT2D eigenvalue weighted by Crippen LogP contribution is 2.29. The summed E-state index contributed by atoms with van der Waals surface area (Å²) in [5.41, 5.74) is 2.09. The topological polar surface area (TPSA) is 32.3 Å². The van der Waals surface area contributed by atoms with Gasteiger partial charge >= 0.3 is 0 Å². The number of fused-ring (bicyclic) bond motifs is 1. The largest absolute Gasteiger partial charge is 0.374 e. The first-order chi connectivity index (χ1) is 8.18. The summed E-state index contributed by atoms with van der Waals surface area (Å²) in [5, 5.41) is 3.15. The fourth-order valence-electron chi connectivity index (χ4n) is 2.16. The summed E-state index contributed by atoms with van der Waals surface area (Å²) in [6.07, 6.45) is 2.23. The fourth-order valence-corrected chi connectivity index (χ4v) is 2.16. The molecule has 3 nitrogen and oxygen atoms in total. The third-order valence-electron chi connectivity index (χ3n) is 3.09. The van der Waals surface area contributed by atoms with E-state index in [4.69, 9.17) is 0 Å². The minimum absolute atomic E-state index is 0.174. The minimum Gasteiger partial charge on any atom is -0.374 e. The highest BCUT2D eigenvalue weighted by atomic mass is 16.2. The van der Waals surface area contributed by atoms with Crippen LogP contribution in [0, 0.1) is 5.92 Å². The van der Waals surface area contributed by atoms with Crippen molar-refractivity contribution >= 4 is 17.3 Å². The van der Waals surface area contributed by atoms with Crippen molar-refractivity contribution in [1.29, 1.82) is 0 Å². The summed E-state index contributed by atoms with van der Waals surface area (Å²) >= 11 is 0. The van der Waals surface area contributed by atoms with E-state index < -0.39 is 0 Å². The van der Waals surface area contributed by atoms with E-state index in [1.165, 1.54) is 6.42 Å². The molecule has 92 valence electrons. The quantitative estimate of drug-likeness (QED) is 0.865. The molecule has 0 aromatic heterocycles. The normalized spacial score (nSPS) is 14.8. The average Bonchev–Trinajstić information content (AvgIpc) is 2.32. The Hall–Kier alpha value is -1.51. The van der Waals surface area contributed by atoms with E-state index in [0.29, 0.717) is 12.5 Å². The van der Waals surface area contributed by atoms with Crippen molar-refractivity contribution in [2.24, 2.45) is 5.92 Å². The first-order valence-electron chi connectivity index (χ1n) is 6.31. The standard InChI is InChI=1S/C14H20N2O/c1-11(2)6-5-9-16-13-8-4-3-7-12(13)15-10-14(16)17/h3-4,7-8,11,15H,5-6,9-10H2,1-2H3. The number of para-hydroxylation sites is 2. The fraction of sp³-hybridized carbons (Fsp3) is 0.500. The van der Waals surface area contributed by atoms with E-state index >= 15 is 0 Å². The van der Waals surface area contributed by atoms with E-state index in [9.17, 15) is 4.79 Å². The van der Waals surface area contributed by atoms with Crippen molar-refractivity contribution in [3.63, 3.8) is 0 Å². The predicted molar refractivity (Wildman–Crippen MR) is 71.4 cm³/mol. The highest BCUT2D eigenvalue weighted by Gasteiger charge is 2.22. The minimum atomic E-state index is 0.174. The van der Waals surface area contributed by atoms with Crippen LogP contribution in [0.4, 0.5) is 11.4 Å². The van der Waals surface area contributed by atoms with Crippen molar-refractivity contribution in [2.45, 2.75) is 26.7 Å². The van der Waals surface area contributed by atoms with Crippen LogP contribution in [0.15, 0.2) is 24.3 Å². The van der Waals surface area contributed by atoms with E-state index in [0.717, 1.165) is 24.3 Å². The molecule has 0 unspecified atom stereocenters. The molecule has 0 bridgehead atoms. The van der Waals surface area contributed by atoms with Crippen LogP contribution < -0.4 is 10.2 Å². The van der Waals surface area contributed by atoms with Crippen LogP contribution >= 0.6 is 0 Å². The van der Waals surface area contributed by atoms with Gasteiger partial charge in [0.1, 0.15) is 0 Å². The molecule has 1 heterocycles. The van der Waals surface area contributed by atoms with Gasteiger partial charge in [-0.3, -0.25) is 4.79 Å². The molecule has 0 atom stereocenters. The molecule has 0 radical (unpaired) electrons. The van der Waals surface area contributed by atoms with Gasteiger partial charge in [0.15, 0.2) is 0 Å². The lowest BCUT2D eigenvalue weighted by Gasteiger charge is -2.30. The maximum atomic E-state index is 11.9. The van der Waals surface area contributed by atoms with Crippen LogP contribution in [-0.4, -0.2) is 19.0 Å². The van der Waals surface area contributed by atoms with Gasteiger partial charge in [0.05, 0.1) is 17.9 Å². The molecule has 1 N–H and O–H groups in total. The number of carbonyl (C=O) groups excluding carboxylic acids is 1. The zero-order valence-electron chi connectivity index (χ0n) is 10.6. The van der Waals surface area contributed by atoms with Crippen molar-refractivity contribution in [2.75, 3.05) is 23.3 Å². The Bertz CT molecular complexity index is 401. The van der Waals surface area contributed by atoms with Gasteiger partial charge in [-0.15, -0.1) is 0 Å². The molecule has 0 saturated heterocycles. The maximum Gasteiger partial charge on any atom is 0.246 e. The number of amides is 1. The lowest BCUT2D eigenvalue weighted by atomic mass is 10.1. The second kappa shape index (κ2) is 5.21. The number of anilines is 2. The van der Waals surface area contributed by atoms with Gasteiger partial charge in [-0.1, -0.05) is 26.0 Å². The summed E-state index contributed by atoms with van der Waals surface area (Å²) in [7, 11) is 0. The van der Waals surface area contributed by atoms with Crippen molar-refractivity contribution in [3.8, 4) is 0 Å². The zero-order chi connectivity index (χ0) is 12.3. The Morgan fingerprint density at radius 2 is 2.12 bits per heavy atom. The highest BCUT2D eigenvalue weighted by molar-refractivity contribution is 6.02. The third-order valence-corrected chi connectivity index (χ3v) is 3.09. The van der Waals surface area contributed by atoms with Gasteiger partial charge in [0.25, 0.3) is 0 Å². The van der Waals surface area contributed by atoms with Gasteiger partial charge in [-0.05, 0) is 30.9 Å². The number of rotatable bonds is 4. The first kappa shape index (κ1) is 12.0. The van der Waals surface area contributed by atoms with Crippen LogP contribution in [0.2, 0.25) is 0 Å². The molecule has 1 aromatic rings. The lowest BCUT2D eigenvalue weighted by molar-refractivity contribution is -0.117. The average molecular weight is 232 g/mol. The van der Waals surface area contributed by atoms with Crippen molar-refractivity contribution in [3.05, 3.63) is 24.3 Å². The summed E-state index contributed by atoms with van der Waals surface area (Å²) < 4.78 is 0. The third kappa shape index (κ3) is 2.78. The second-order valence-corrected chi connectivity index (χ2v) is 4.95. The molecule has 3 heteroatoms. The number of benzene rings is 1. The molecule has 0 aliphatic carbocycles. The van der Waals surface area contributed by atoms with Gasteiger partial charge in [-0.2, -0.15) is 0 Å². The molecule has 1 aliphatic rings. The SMILES string of the molecule is CC(C)CCCN1C(=O)CNc2ccccc21. The monoisotopic (exact) mass is 232 g/mol. The summed E-state index contributed by atoms with van der Waals surface area (Å²) in [4.78, 5) is 13.8. The Labute approximate surface area is 103 Å². The Morgan fingerprint density at radius 1 is 1.35 bits per heavy atom. The Balaban J connectivity index is 2.07. The maximum absolute atomic E-state index is 11.9. The molecule has 0 saturated carbocycles. The van der Waals surface area contributed by atoms with E-state index in [1.807, 2.05) is 29.2 Å². The number of hydrogen-bond donors (Lipinski definition) is 1. The van der Waals surface area contributed by atoms with Crippen molar-refractivity contribution < 1.29 is 4.79 Å². The van der Waals surface area contributed by atoms with Gasteiger partial charge in [0, 0.05) is 6.54 Å². The Morgan fingerprint density at radius 3 is 2.88 bits per heavy atom. The lowest BCUT2D eigenvalue weighted by Crippen LogP contribution is -2.40. The molecule has 0 spiro atoms. The van der Waals surface area contributed by atoms with E-state index in [-0.39, 0.29) is 5.91 Å². The van der Waals surface area contributed by atoms with Crippen LogP contribution in [-0.2, 0) is 4.79 Å². The first-order valence-corrected chi connectivity index (χ1v) is 6.31. The smallest absolute Gasteiger partial charge is 0.246 e. The molecule has 0 fully saturated rings. The molecule has 17 heavy (non-hydrogen) atoms. The molecule has 2 rings (SSSR count). The molecular formula is C14H20N2O. The van der Waals surface area contributed by atoms with Gasteiger partial charge in [0.2, 0.25) is 5.91 Å². The second-order valence-electron chi connectivity index (χ2n) is 4.95. The number of nitrogens with one attached hydrogen (secondary N) is 1. The van der Waals surface area contributed by atoms with Gasteiger partial charge < -0.3 is 10.2 Å². The zero-order valence-corrected chi connectivity index (χ0v) is 10.6.